The van der Waals surface area contributed by atoms with Gasteiger partial charge in [0.05, 0.1) is 0 Å². The van der Waals surface area contributed by atoms with Gasteiger partial charge >= 0.3 is 6.85 Å². The van der Waals surface area contributed by atoms with Crippen molar-refractivity contribution in [3.63, 3.8) is 0 Å². The van der Waals surface area contributed by atoms with E-state index in [4.69, 9.17) is 4.42 Å². The summed E-state index contributed by atoms with van der Waals surface area (Å²) in [7, 11) is 0. The second-order valence-corrected chi connectivity index (χ2v) is 21.5. The highest BCUT2D eigenvalue weighted by Gasteiger charge is 2.50. The van der Waals surface area contributed by atoms with Crippen LogP contribution in [0.25, 0.3) is 44.2 Å². The molecular weight excluding hydrogens is 739 g/mol. The topological polar surface area (TPSA) is 19.6 Å². The number of hydrogen-bond donors (Lipinski definition) is 0. The highest BCUT2D eigenvalue weighted by atomic mass is 16.3. The maximum atomic E-state index is 6.77. The van der Waals surface area contributed by atoms with Gasteiger partial charge in [0, 0.05) is 50.2 Å². The summed E-state index contributed by atoms with van der Waals surface area (Å²) < 4.78 is 6.77. The van der Waals surface area contributed by atoms with Crippen LogP contribution in [0.3, 0.4) is 0 Å². The van der Waals surface area contributed by atoms with E-state index in [0.717, 1.165) is 21.9 Å². The van der Waals surface area contributed by atoms with Crippen LogP contribution in [-0.4, -0.2) is 6.85 Å². The molecule has 3 aliphatic rings. The van der Waals surface area contributed by atoms with Crippen LogP contribution in [0.2, 0.25) is 0 Å². The Bertz CT molecular complexity index is 3110. The Kier molecular flexibility index (Phi) is 7.80. The van der Waals surface area contributed by atoms with Crippen LogP contribution in [0.5, 0.6) is 0 Å². The molecule has 0 saturated carbocycles. The zero-order chi connectivity index (χ0) is 42.5. The Morgan fingerprint density at radius 1 is 0.492 bits per heavy atom. The van der Waals surface area contributed by atoms with Gasteiger partial charge in [-0.25, -0.2) is 0 Å². The minimum absolute atomic E-state index is 0.0310. The fraction of sp³-hybridized carbons (Fsp3) is 0.263. The third-order valence-electron chi connectivity index (χ3n) is 14.1. The zero-order valence-corrected chi connectivity index (χ0v) is 37.6. The number of para-hydroxylation sites is 1. The van der Waals surface area contributed by atoms with E-state index in [1.807, 2.05) is 0 Å². The molecule has 0 spiro atoms. The first-order valence-corrected chi connectivity index (χ1v) is 22.1. The molecule has 3 nitrogen and oxygen atoms in total. The van der Waals surface area contributed by atoms with Gasteiger partial charge in [-0.15, -0.1) is 0 Å². The quantitative estimate of drug-likeness (QED) is 0.163. The molecule has 2 aliphatic heterocycles. The fourth-order valence-corrected chi connectivity index (χ4v) is 10.8. The molecule has 0 amide bonds. The largest absolute Gasteiger partial charge is 0.456 e. The number of benzene rings is 7. The van der Waals surface area contributed by atoms with Crippen molar-refractivity contribution in [3.8, 4) is 22.3 Å². The lowest BCUT2D eigenvalue weighted by Gasteiger charge is -2.47. The molecule has 302 valence electrons. The van der Waals surface area contributed by atoms with Crippen molar-refractivity contribution in [2.24, 2.45) is 0 Å². The maximum absolute atomic E-state index is 6.77. The van der Waals surface area contributed by atoms with Crippen LogP contribution in [-0.2, 0) is 21.7 Å². The third kappa shape index (κ3) is 5.50. The number of nitrogens with zero attached hydrogens (tertiary/aromatic N) is 2. The lowest BCUT2D eigenvalue weighted by Crippen LogP contribution is -2.62. The molecule has 61 heavy (non-hydrogen) atoms. The molecule has 0 atom stereocenters. The Balaban J connectivity index is 1.32. The average molecular weight is 795 g/mol. The molecule has 8 aromatic rings. The lowest BCUT2D eigenvalue weighted by atomic mass is 9.42. The first kappa shape index (κ1) is 38.0. The fourth-order valence-electron chi connectivity index (χ4n) is 10.8. The summed E-state index contributed by atoms with van der Waals surface area (Å²) in [5.41, 5.74) is 22.2. The Morgan fingerprint density at radius 2 is 1.10 bits per heavy atom. The van der Waals surface area contributed by atoms with Gasteiger partial charge in [-0.05, 0) is 126 Å². The van der Waals surface area contributed by atoms with E-state index in [2.05, 4.69) is 219 Å². The molecule has 1 aromatic heterocycles. The number of hydrogen-bond acceptors (Lipinski definition) is 3. The van der Waals surface area contributed by atoms with Gasteiger partial charge in [0.15, 0.2) is 0 Å². The van der Waals surface area contributed by atoms with Gasteiger partial charge < -0.3 is 14.1 Å². The monoisotopic (exact) mass is 794 g/mol. The van der Waals surface area contributed by atoms with Crippen molar-refractivity contribution in [1.82, 2.24) is 0 Å². The Labute approximate surface area is 362 Å². The second kappa shape index (κ2) is 12.5. The van der Waals surface area contributed by atoms with Crippen molar-refractivity contribution >= 4 is 68.1 Å². The molecule has 0 bridgehead atoms. The molecule has 0 saturated heterocycles. The minimum Gasteiger partial charge on any atom is -0.456 e. The van der Waals surface area contributed by atoms with Crippen LogP contribution < -0.4 is 20.6 Å². The van der Waals surface area contributed by atoms with Crippen molar-refractivity contribution in [1.29, 1.82) is 0 Å². The van der Waals surface area contributed by atoms with Gasteiger partial charge in [0.2, 0.25) is 0 Å². The van der Waals surface area contributed by atoms with E-state index < -0.39 is 0 Å². The summed E-state index contributed by atoms with van der Waals surface area (Å²) in [5.74, 6) is 0. The molecule has 0 radical (unpaired) electrons. The normalized spacial score (nSPS) is 15.2. The molecule has 0 fully saturated rings. The third-order valence-corrected chi connectivity index (χ3v) is 14.1. The second-order valence-electron chi connectivity index (χ2n) is 21.5. The number of anilines is 5. The van der Waals surface area contributed by atoms with Gasteiger partial charge in [-0.2, -0.15) is 0 Å². The molecule has 3 heterocycles. The number of rotatable bonds is 2. The molecule has 0 unspecified atom stereocenters. The van der Waals surface area contributed by atoms with Crippen molar-refractivity contribution in [2.45, 2.75) is 97.8 Å². The van der Waals surface area contributed by atoms with Crippen molar-refractivity contribution in [3.05, 3.63) is 161 Å². The Morgan fingerprint density at radius 3 is 1.77 bits per heavy atom. The molecule has 0 N–H and O–H groups in total. The highest BCUT2D eigenvalue weighted by Crippen LogP contribution is 2.58. The smallest absolute Gasteiger partial charge is 0.333 e. The summed E-state index contributed by atoms with van der Waals surface area (Å²) in [6.45, 7) is 25.6. The van der Waals surface area contributed by atoms with Crippen LogP contribution in [0.15, 0.2) is 138 Å². The number of fused-ring (bicyclic) bond motifs is 11. The molecular formula is C57H55BN2O. The maximum Gasteiger partial charge on any atom is 0.333 e. The summed E-state index contributed by atoms with van der Waals surface area (Å²) in [6.07, 6.45) is 0. The van der Waals surface area contributed by atoms with E-state index in [1.54, 1.807) is 0 Å². The van der Waals surface area contributed by atoms with Crippen LogP contribution in [0.4, 0.5) is 28.4 Å². The van der Waals surface area contributed by atoms with Crippen molar-refractivity contribution < 1.29 is 4.42 Å². The molecule has 4 heteroatoms. The first-order valence-electron chi connectivity index (χ1n) is 22.1. The molecule has 11 rings (SSSR count). The summed E-state index contributed by atoms with van der Waals surface area (Å²) in [5, 5.41) is 2.29. The van der Waals surface area contributed by atoms with E-state index >= 15 is 0 Å². The summed E-state index contributed by atoms with van der Waals surface area (Å²) in [4.78, 5) is 5.24. The predicted octanol–water partition coefficient (Wildman–Crippen LogP) is 14.5. The first-order chi connectivity index (χ1) is 28.9. The van der Waals surface area contributed by atoms with E-state index in [0.29, 0.717) is 0 Å². The van der Waals surface area contributed by atoms with Crippen LogP contribution >= 0.6 is 0 Å². The van der Waals surface area contributed by atoms with Crippen LogP contribution in [0, 0.1) is 0 Å². The standard InChI is InChI=1S/C57H55BN2O/c1-54(2,3)34-20-25-37(26-21-34)59-46-29-24-36(56(7,8)9)30-45(46)58-53-48(59)32-42-39-16-12-14-18-44(39)57(10,11)52(42)51(53)43-33-50-41(40-17-13-15-19-49(40)61-50)31-47(43)60(58)38-27-22-35(23-28-38)55(4,5)6/h12-33H,1-11H3. The van der Waals surface area contributed by atoms with Crippen molar-refractivity contribution in [2.75, 3.05) is 9.71 Å². The highest BCUT2D eigenvalue weighted by molar-refractivity contribution is 6.93. The van der Waals surface area contributed by atoms with Gasteiger partial charge in [-0.1, -0.05) is 155 Å². The van der Waals surface area contributed by atoms with E-state index in [-0.39, 0.29) is 28.5 Å². The SMILES string of the molecule is CC(C)(C)c1ccc(N2B3c4cc(C(C)(C)C)ccc4N(c4ccc(C(C)(C)C)cc4)c4cc5c(c(c43)-c3cc4oc6ccccc6c4cc32)C(C)(C)c2ccccc2-5)cc1. The minimum atomic E-state index is -0.246. The lowest BCUT2D eigenvalue weighted by molar-refractivity contribution is 0.590. The summed E-state index contributed by atoms with van der Waals surface area (Å²) in [6, 6.07) is 51.1. The average Bonchev–Trinajstić information content (AvgIpc) is 3.70. The van der Waals surface area contributed by atoms with Gasteiger partial charge in [-0.3, -0.25) is 0 Å². The van der Waals surface area contributed by atoms with E-state index in [1.165, 1.54) is 89.4 Å². The number of furan rings is 1. The summed E-state index contributed by atoms with van der Waals surface area (Å²) >= 11 is 0. The van der Waals surface area contributed by atoms with Gasteiger partial charge in [0.1, 0.15) is 11.2 Å². The predicted molar refractivity (Wildman–Crippen MR) is 261 cm³/mol. The zero-order valence-electron chi connectivity index (χ0n) is 37.6. The molecule has 7 aromatic carbocycles. The Hall–Kier alpha value is -6.00. The molecule has 1 aliphatic carbocycles. The van der Waals surface area contributed by atoms with Gasteiger partial charge in [0.25, 0.3) is 0 Å². The van der Waals surface area contributed by atoms with Crippen LogP contribution in [0.1, 0.15) is 104 Å². The van der Waals surface area contributed by atoms with E-state index in [9.17, 15) is 0 Å².